The molecular formula is C24H22F3N3O2. The van der Waals surface area contributed by atoms with Crippen LogP contribution < -0.4 is 4.74 Å². The van der Waals surface area contributed by atoms with Gasteiger partial charge in [-0.15, -0.1) is 0 Å². The zero-order chi connectivity index (χ0) is 22.9. The summed E-state index contributed by atoms with van der Waals surface area (Å²) in [7, 11) is 0. The van der Waals surface area contributed by atoms with E-state index in [-0.39, 0.29) is 18.8 Å². The van der Waals surface area contributed by atoms with Crippen molar-refractivity contribution in [3.63, 3.8) is 0 Å². The minimum atomic E-state index is -4.47. The third-order valence-corrected chi connectivity index (χ3v) is 5.87. The van der Waals surface area contributed by atoms with E-state index >= 15 is 0 Å². The maximum absolute atomic E-state index is 13.3. The van der Waals surface area contributed by atoms with Gasteiger partial charge in [0.1, 0.15) is 11.6 Å². The molecule has 0 saturated heterocycles. The van der Waals surface area contributed by atoms with E-state index in [1.165, 1.54) is 6.07 Å². The fourth-order valence-corrected chi connectivity index (χ4v) is 4.04. The first-order valence-electron chi connectivity index (χ1n) is 10.2. The fraction of sp³-hybridized carbons (Fsp3) is 0.333. The summed E-state index contributed by atoms with van der Waals surface area (Å²) < 4.78 is 46.0. The highest BCUT2D eigenvalue weighted by atomic mass is 19.4. The number of aryl methyl sites for hydroxylation is 2. The van der Waals surface area contributed by atoms with Gasteiger partial charge < -0.3 is 4.74 Å². The third kappa shape index (κ3) is 4.49. The summed E-state index contributed by atoms with van der Waals surface area (Å²) >= 11 is 0. The number of ether oxygens (including phenoxy) is 1. The molecule has 8 heteroatoms. The highest BCUT2D eigenvalue weighted by Gasteiger charge is 2.59. The minimum absolute atomic E-state index is 0.0455. The lowest BCUT2D eigenvalue weighted by Crippen LogP contribution is -2.25. The van der Waals surface area contributed by atoms with Gasteiger partial charge in [-0.2, -0.15) is 13.2 Å². The highest BCUT2D eigenvalue weighted by molar-refractivity contribution is 5.88. The maximum Gasteiger partial charge on any atom is 0.416 e. The Balaban J connectivity index is 1.62. The second-order valence-electron chi connectivity index (χ2n) is 8.15. The predicted octanol–water partition coefficient (Wildman–Crippen LogP) is 4.66. The van der Waals surface area contributed by atoms with Crippen molar-refractivity contribution in [3.05, 3.63) is 83.2 Å². The number of rotatable bonds is 7. The topological polar surface area (TPSA) is 65.0 Å². The molecule has 1 saturated carbocycles. The van der Waals surface area contributed by atoms with E-state index < -0.39 is 23.1 Å². The van der Waals surface area contributed by atoms with Crippen molar-refractivity contribution in [2.24, 2.45) is 5.92 Å². The van der Waals surface area contributed by atoms with Crippen molar-refractivity contribution < 1.29 is 22.7 Å². The number of Topliss-reactive ketones (excluding diaryl/α,β-unsaturated/α-hetero) is 1. The summed E-state index contributed by atoms with van der Waals surface area (Å²) in [6.45, 7) is 3.60. The van der Waals surface area contributed by atoms with Gasteiger partial charge in [-0.25, -0.2) is 9.97 Å². The van der Waals surface area contributed by atoms with Crippen molar-refractivity contribution in [3.8, 4) is 5.75 Å². The molecule has 0 amide bonds. The number of pyridine rings is 1. The Labute approximate surface area is 183 Å². The van der Waals surface area contributed by atoms with Gasteiger partial charge in [0.25, 0.3) is 0 Å². The maximum atomic E-state index is 13.3. The Morgan fingerprint density at radius 2 is 2.00 bits per heavy atom. The number of carbonyl (C=O) groups excluding carboxylic acids is 1. The van der Waals surface area contributed by atoms with Crippen LogP contribution in [0.4, 0.5) is 13.2 Å². The lowest BCUT2D eigenvalue weighted by Gasteiger charge is -2.21. The summed E-state index contributed by atoms with van der Waals surface area (Å²) in [4.78, 5) is 25.5. The highest BCUT2D eigenvalue weighted by Crippen LogP contribution is 2.56. The van der Waals surface area contributed by atoms with Crippen LogP contribution in [0.5, 0.6) is 5.75 Å². The van der Waals surface area contributed by atoms with Gasteiger partial charge in [-0.05, 0) is 43.5 Å². The predicted molar refractivity (Wildman–Crippen MR) is 111 cm³/mol. The van der Waals surface area contributed by atoms with E-state index in [4.69, 9.17) is 4.74 Å². The van der Waals surface area contributed by atoms with Crippen molar-refractivity contribution >= 4 is 5.78 Å². The molecule has 2 atom stereocenters. The van der Waals surface area contributed by atoms with Gasteiger partial charge in [-0.3, -0.25) is 9.78 Å². The average molecular weight is 441 g/mol. The van der Waals surface area contributed by atoms with Crippen molar-refractivity contribution in [1.82, 2.24) is 15.0 Å². The second-order valence-corrected chi connectivity index (χ2v) is 8.15. The molecule has 1 aliphatic rings. The van der Waals surface area contributed by atoms with Gasteiger partial charge in [0.15, 0.2) is 5.75 Å². The lowest BCUT2D eigenvalue weighted by atomic mass is 9.90. The number of halogens is 3. The summed E-state index contributed by atoms with van der Waals surface area (Å²) in [5.41, 5.74) is 0.275. The van der Waals surface area contributed by atoms with Crippen LogP contribution in [0.15, 0.2) is 55.0 Å². The number of hydrogen-bond donors (Lipinski definition) is 0. The molecule has 2 aromatic heterocycles. The number of nitrogens with zero attached hydrogens (tertiary/aromatic N) is 3. The first kappa shape index (κ1) is 21.9. The van der Waals surface area contributed by atoms with Crippen LogP contribution in [0.3, 0.4) is 0 Å². The standard InChI is InChI=1S/C24H22F3N3O2/c1-15-22(13-29-16(2)30-15)32-14-23(18-6-3-7-19(10-18)24(25,26)27)11-20(23)21(31)9-17-5-4-8-28-12-17/h3-8,10,12-13,20H,9,11,14H2,1-2H3. The van der Waals surface area contributed by atoms with E-state index in [9.17, 15) is 18.0 Å². The minimum Gasteiger partial charge on any atom is -0.489 e. The number of hydrogen-bond acceptors (Lipinski definition) is 5. The van der Waals surface area contributed by atoms with E-state index in [2.05, 4.69) is 15.0 Å². The Hall–Kier alpha value is -3.29. The zero-order valence-corrected chi connectivity index (χ0v) is 17.7. The van der Waals surface area contributed by atoms with Crippen molar-refractivity contribution in [1.29, 1.82) is 0 Å². The van der Waals surface area contributed by atoms with Crippen molar-refractivity contribution in [2.45, 2.75) is 38.3 Å². The molecule has 2 unspecified atom stereocenters. The summed E-state index contributed by atoms with van der Waals surface area (Å²) in [5.74, 6) is 0.555. The van der Waals surface area contributed by atoms with Gasteiger partial charge >= 0.3 is 6.18 Å². The molecule has 1 aliphatic carbocycles. The third-order valence-electron chi connectivity index (χ3n) is 5.87. The molecule has 0 radical (unpaired) electrons. The Bertz CT molecular complexity index is 1130. The van der Waals surface area contributed by atoms with Crippen LogP contribution in [0, 0.1) is 19.8 Å². The fourth-order valence-electron chi connectivity index (χ4n) is 4.04. The Kier molecular flexibility index (Phi) is 5.71. The van der Waals surface area contributed by atoms with E-state index in [1.807, 2.05) is 6.07 Å². The Morgan fingerprint density at radius 3 is 2.69 bits per heavy atom. The van der Waals surface area contributed by atoms with E-state index in [1.54, 1.807) is 44.6 Å². The monoisotopic (exact) mass is 441 g/mol. The van der Waals surface area contributed by atoms with Crippen LogP contribution >= 0.6 is 0 Å². The average Bonchev–Trinajstić information content (AvgIpc) is 3.49. The molecule has 1 fully saturated rings. The van der Waals surface area contributed by atoms with E-state index in [0.717, 1.165) is 17.7 Å². The lowest BCUT2D eigenvalue weighted by molar-refractivity contribution is -0.137. The Morgan fingerprint density at radius 1 is 1.19 bits per heavy atom. The molecule has 4 rings (SSSR count). The van der Waals surface area contributed by atoms with Gasteiger partial charge in [-0.1, -0.05) is 24.3 Å². The molecule has 0 aliphatic heterocycles. The molecule has 0 spiro atoms. The smallest absolute Gasteiger partial charge is 0.416 e. The van der Waals surface area contributed by atoms with E-state index in [0.29, 0.717) is 29.3 Å². The largest absolute Gasteiger partial charge is 0.489 e. The number of alkyl halides is 3. The van der Waals surface area contributed by atoms with Crippen LogP contribution in [-0.4, -0.2) is 27.3 Å². The molecule has 3 aromatic rings. The molecule has 0 bridgehead atoms. The van der Waals surface area contributed by atoms with Gasteiger partial charge in [0.05, 0.1) is 24.1 Å². The first-order valence-corrected chi connectivity index (χ1v) is 10.2. The molecular weight excluding hydrogens is 419 g/mol. The van der Waals surface area contributed by atoms with Crippen LogP contribution in [0.2, 0.25) is 0 Å². The number of benzene rings is 1. The molecule has 0 N–H and O–H groups in total. The molecule has 1 aromatic carbocycles. The number of aromatic nitrogens is 3. The molecule has 2 heterocycles. The van der Waals surface area contributed by atoms with Gasteiger partial charge in [0.2, 0.25) is 0 Å². The normalized spacial score (nSPS) is 20.1. The van der Waals surface area contributed by atoms with Crippen LogP contribution in [-0.2, 0) is 22.8 Å². The van der Waals surface area contributed by atoms with Crippen LogP contribution in [0.1, 0.15) is 34.6 Å². The molecule has 166 valence electrons. The summed E-state index contributed by atoms with van der Waals surface area (Å²) in [6, 6.07) is 8.72. The SMILES string of the molecule is Cc1ncc(OCC2(c3cccc(C(F)(F)F)c3)CC2C(=O)Cc2cccnc2)c(C)n1. The molecule has 32 heavy (non-hydrogen) atoms. The first-order chi connectivity index (χ1) is 15.2. The second kappa shape index (κ2) is 8.33. The molecule has 5 nitrogen and oxygen atoms in total. The summed E-state index contributed by atoms with van der Waals surface area (Å²) in [6.07, 6.45) is 0.911. The number of ketones is 1. The number of carbonyl (C=O) groups is 1. The quantitative estimate of drug-likeness (QED) is 0.534. The van der Waals surface area contributed by atoms with Crippen molar-refractivity contribution in [2.75, 3.05) is 6.61 Å². The zero-order valence-electron chi connectivity index (χ0n) is 17.7. The summed E-state index contributed by atoms with van der Waals surface area (Å²) in [5, 5.41) is 0. The van der Waals surface area contributed by atoms with Gasteiger partial charge in [0, 0.05) is 30.1 Å². The van der Waals surface area contributed by atoms with Crippen LogP contribution in [0.25, 0.3) is 0 Å².